The molecule has 0 spiro atoms. The molecule has 0 radical (unpaired) electrons. The number of fused-ring (bicyclic) bond motifs is 2. The molecule has 0 saturated carbocycles. The normalized spacial score (nSPS) is 10.2. The Hall–Kier alpha value is -12.7. The first kappa shape index (κ1) is 79.8. The van der Waals surface area contributed by atoms with Gasteiger partial charge >= 0.3 is 0 Å². The lowest BCUT2D eigenvalue weighted by molar-refractivity contribution is 1.32. The van der Waals surface area contributed by atoms with E-state index < -0.39 is 0 Å². The molecule has 0 aliphatic heterocycles. The van der Waals surface area contributed by atoms with Gasteiger partial charge in [0.2, 0.25) is 0 Å². The first-order valence-corrected chi connectivity index (χ1v) is 38.3. The van der Waals surface area contributed by atoms with Crippen LogP contribution < -0.4 is 0 Å². The van der Waals surface area contributed by atoms with E-state index in [1.807, 2.05) is 36.4 Å². The standard InChI is InChI=1S/2C17H14.C16H18.C14H14.3C13H12.C7H8/c1-13-9-11-15(12-10-13)17-8-4-6-14-5-2-3-7-16(14)17;1-13-6-8-15(9-7-13)17-11-10-14-4-2-3-5-16(14)12-17;1-11-5-7-15(8-6-11)16-13(3)9-12(2)10-14(16)4;1-11-3-7-13(8-4-11)14-9-5-12(2)6-10-14;1-11-7-5-6-10-13(11)12-8-3-2-4-9-12;1-11-6-5-9-13(10-11)12-7-3-2-4-8-12;1-11-7-9-13(10-8-11)12-5-3-2-4-6-12;1-7-5-3-2-4-6-7/h2*2-12H,1H3;5-10H,1-4H3;3-10H,1-2H3;3*2-10H,1H3;2-6H,1H3. The molecule has 0 heterocycles. The van der Waals surface area contributed by atoms with Gasteiger partial charge in [-0.1, -0.05) is 457 Å². The van der Waals surface area contributed by atoms with Crippen molar-refractivity contribution >= 4 is 21.5 Å². The number of rotatable bonds is 7. The zero-order valence-electron chi connectivity index (χ0n) is 66.3. The highest BCUT2D eigenvalue weighted by atomic mass is 14.1. The lowest BCUT2D eigenvalue weighted by atomic mass is 9.93. The Morgan fingerprint density at radius 1 is 0.127 bits per heavy atom. The van der Waals surface area contributed by atoms with Crippen LogP contribution >= 0.6 is 0 Å². The third-order valence-corrected chi connectivity index (χ3v) is 19.2. The van der Waals surface area contributed by atoms with Crippen molar-refractivity contribution in [2.75, 3.05) is 0 Å². The highest BCUT2D eigenvalue weighted by molar-refractivity contribution is 5.96. The summed E-state index contributed by atoms with van der Waals surface area (Å²) in [5.74, 6) is 0. The summed E-state index contributed by atoms with van der Waals surface area (Å²) >= 11 is 0. The van der Waals surface area contributed by atoms with Crippen LogP contribution in [0, 0.1) is 83.1 Å². The molecule has 0 aromatic heterocycles. The van der Waals surface area contributed by atoms with Crippen molar-refractivity contribution in [3.05, 3.63) is 479 Å². The maximum atomic E-state index is 2.25. The molecule has 17 aromatic rings. The Kier molecular flexibility index (Phi) is 30.0. The second kappa shape index (κ2) is 41.4. The first-order valence-electron chi connectivity index (χ1n) is 38.3. The van der Waals surface area contributed by atoms with Gasteiger partial charge in [0.1, 0.15) is 0 Å². The Morgan fingerprint density at radius 2 is 0.409 bits per heavy atom. The van der Waals surface area contributed by atoms with Crippen LogP contribution in [-0.4, -0.2) is 0 Å². The molecule has 0 aliphatic rings. The van der Waals surface area contributed by atoms with Crippen LogP contribution in [0.4, 0.5) is 0 Å². The molecule has 17 rings (SSSR count). The summed E-state index contributed by atoms with van der Waals surface area (Å²) in [4.78, 5) is 0. The first-order chi connectivity index (χ1) is 53.5. The average Bonchev–Trinajstić information content (AvgIpc) is 0.816. The summed E-state index contributed by atoms with van der Waals surface area (Å²) < 4.78 is 0. The maximum absolute atomic E-state index is 2.25. The molecule has 0 bridgehead atoms. The molecule has 0 aliphatic carbocycles. The third kappa shape index (κ3) is 24.7. The van der Waals surface area contributed by atoms with E-state index in [0.717, 1.165) is 0 Å². The molecule has 0 nitrogen and oxygen atoms in total. The summed E-state index contributed by atoms with van der Waals surface area (Å²) in [6, 6.07) is 145. The number of hydrogen-bond acceptors (Lipinski definition) is 0. The maximum Gasteiger partial charge on any atom is -0.0105 e. The molecule has 0 atom stereocenters. The Morgan fingerprint density at radius 3 is 0.855 bits per heavy atom. The van der Waals surface area contributed by atoms with Gasteiger partial charge in [0, 0.05) is 0 Å². The molecule has 0 amide bonds. The smallest absolute Gasteiger partial charge is 0.0105 e. The molecular formula is C110H104. The molecule has 17 aromatic carbocycles. The molecule has 0 saturated heterocycles. The topological polar surface area (TPSA) is 0 Å². The van der Waals surface area contributed by atoms with E-state index in [-0.39, 0.29) is 0 Å². The van der Waals surface area contributed by atoms with Crippen LogP contribution in [0.25, 0.3) is 99.4 Å². The van der Waals surface area contributed by atoms with Crippen molar-refractivity contribution in [2.45, 2.75) is 83.1 Å². The minimum absolute atomic E-state index is 1.28. The number of hydrogen-bond donors (Lipinski definition) is 0. The summed E-state index contributed by atoms with van der Waals surface area (Å²) in [7, 11) is 0. The summed E-state index contributed by atoms with van der Waals surface area (Å²) in [5, 5.41) is 5.21. The lowest BCUT2D eigenvalue weighted by Crippen LogP contribution is -1.90. The largest absolute Gasteiger partial charge is 0.0622 e. The molecule has 0 unspecified atom stereocenters. The van der Waals surface area contributed by atoms with Crippen LogP contribution in [0.2, 0.25) is 0 Å². The van der Waals surface area contributed by atoms with E-state index in [1.54, 1.807) is 0 Å². The molecule has 110 heavy (non-hydrogen) atoms. The third-order valence-electron chi connectivity index (χ3n) is 19.2. The van der Waals surface area contributed by atoms with E-state index in [1.165, 1.54) is 166 Å². The average molecular weight is 1430 g/mol. The zero-order valence-corrected chi connectivity index (χ0v) is 66.3. The predicted octanol–water partition coefficient (Wildman–Crippen LogP) is 31.2. The van der Waals surface area contributed by atoms with Gasteiger partial charge in [-0.05, 0) is 205 Å². The van der Waals surface area contributed by atoms with Gasteiger partial charge < -0.3 is 0 Å². The quantitative estimate of drug-likeness (QED) is 0.149. The lowest BCUT2D eigenvalue weighted by Gasteiger charge is -2.11. The highest BCUT2D eigenvalue weighted by Crippen LogP contribution is 2.32. The van der Waals surface area contributed by atoms with Crippen LogP contribution in [0.15, 0.2) is 413 Å². The molecule has 544 valence electrons. The number of benzene rings is 17. The Labute approximate surface area is 657 Å². The summed E-state index contributed by atoms with van der Waals surface area (Å²) in [6.45, 7) is 25.6. The highest BCUT2D eigenvalue weighted by Gasteiger charge is 2.08. The van der Waals surface area contributed by atoms with Crippen LogP contribution in [0.5, 0.6) is 0 Å². The van der Waals surface area contributed by atoms with Gasteiger partial charge in [-0.25, -0.2) is 0 Å². The van der Waals surface area contributed by atoms with Crippen molar-refractivity contribution in [2.24, 2.45) is 0 Å². The fourth-order valence-electron chi connectivity index (χ4n) is 13.1. The van der Waals surface area contributed by atoms with E-state index in [4.69, 9.17) is 0 Å². The van der Waals surface area contributed by atoms with Crippen molar-refractivity contribution < 1.29 is 0 Å². The van der Waals surface area contributed by atoms with Crippen LogP contribution in [0.1, 0.15) is 66.8 Å². The molecule has 0 N–H and O–H groups in total. The summed E-state index contributed by atoms with van der Waals surface area (Å²) in [6.07, 6.45) is 0. The molecular weight excluding hydrogens is 1320 g/mol. The fourth-order valence-corrected chi connectivity index (χ4v) is 13.1. The minimum Gasteiger partial charge on any atom is -0.0622 e. The van der Waals surface area contributed by atoms with Gasteiger partial charge in [-0.3, -0.25) is 0 Å². The predicted molar refractivity (Wildman–Crippen MR) is 481 cm³/mol. The zero-order chi connectivity index (χ0) is 77.4. The van der Waals surface area contributed by atoms with Gasteiger partial charge in [0.15, 0.2) is 0 Å². The molecule has 0 heteroatoms. The second-order valence-corrected chi connectivity index (χ2v) is 28.5. The number of aryl methyl sites for hydroxylation is 12. The minimum atomic E-state index is 1.28. The Bertz CT molecular complexity index is 5480. The van der Waals surface area contributed by atoms with Crippen LogP contribution in [0.3, 0.4) is 0 Å². The van der Waals surface area contributed by atoms with Gasteiger partial charge in [0.25, 0.3) is 0 Å². The SMILES string of the molecule is Cc1ccc(-c2c(C)cc(C)cc2C)cc1.Cc1ccc(-c2ccc(C)cc2)cc1.Cc1ccc(-c2ccc3ccccc3c2)cc1.Cc1ccc(-c2cccc3ccccc23)cc1.Cc1ccc(-c2ccccc2)cc1.Cc1cccc(-c2ccccc2)c1.Cc1ccccc1.Cc1ccccc1-c1ccccc1. The fraction of sp³-hybridized carbons (Fsp3) is 0.109. The van der Waals surface area contributed by atoms with Gasteiger partial charge in [0.05, 0.1) is 0 Å². The van der Waals surface area contributed by atoms with Crippen LogP contribution in [-0.2, 0) is 0 Å². The van der Waals surface area contributed by atoms with E-state index in [0.29, 0.717) is 0 Å². The van der Waals surface area contributed by atoms with E-state index in [9.17, 15) is 0 Å². The van der Waals surface area contributed by atoms with Crippen molar-refractivity contribution in [1.29, 1.82) is 0 Å². The van der Waals surface area contributed by atoms with E-state index in [2.05, 4.69) is 459 Å². The second-order valence-electron chi connectivity index (χ2n) is 28.5. The summed E-state index contributed by atoms with van der Waals surface area (Å²) in [5.41, 5.74) is 34.0. The van der Waals surface area contributed by atoms with Gasteiger partial charge in [-0.15, -0.1) is 0 Å². The monoisotopic (exact) mass is 1420 g/mol. The Balaban J connectivity index is 0.000000135. The molecule has 0 fully saturated rings. The van der Waals surface area contributed by atoms with Gasteiger partial charge in [-0.2, -0.15) is 0 Å². The van der Waals surface area contributed by atoms with Crippen molar-refractivity contribution in [3.8, 4) is 77.9 Å². The van der Waals surface area contributed by atoms with Crippen molar-refractivity contribution in [1.82, 2.24) is 0 Å². The van der Waals surface area contributed by atoms with Crippen molar-refractivity contribution in [3.63, 3.8) is 0 Å². The van der Waals surface area contributed by atoms with E-state index >= 15 is 0 Å².